The fourth-order valence-electron chi connectivity index (χ4n) is 1.42. The maximum absolute atomic E-state index is 12.1. The van der Waals surface area contributed by atoms with Crippen LogP contribution in [0.25, 0.3) is 0 Å². The highest BCUT2D eigenvalue weighted by Gasteiger charge is 2.26. The average molecular weight is 304 g/mol. The maximum Gasteiger partial charge on any atom is 0.318 e. The molecule has 0 amide bonds. The van der Waals surface area contributed by atoms with Crippen LogP contribution in [0.2, 0.25) is 0 Å². The Balaban J connectivity index is 3.26. The Morgan fingerprint density at radius 2 is 2.10 bits per heavy atom. The number of carboxylic acids is 1. The number of methoxy groups -OCH3 is 1. The van der Waals surface area contributed by atoms with E-state index in [-0.39, 0.29) is 16.3 Å². The van der Waals surface area contributed by atoms with Crippen LogP contribution in [0.1, 0.15) is 0 Å². The molecule has 0 aliphatic heterocycles. The number of nitro benzene ring substituents is 1. The van der Waals surface area contributed by atoms with Gasteiger partial charge in [-0.3, -0.25) is 14.9 Å². The summed E-state index contributed by atoms with van der Waals surface area (Å²) in [6.07, 6.45) is 0. The first-order valence-electron chi connectivity index (χ1n) is 5.20. The first-order valence-corrected chi connectivity index (χ1v) is 6.64. The molecule has 0 heterocycles. The number of rotatable bonds is 6. The molecule has 0 atom stereocenters. The fourth-order valence-corrected chi connectivity index (χ4v) is 2.56. The van der Waals surface area contributed by atoms with Gasteiger partial charge in [-0.05, 0) is 6.07 Å². The van der Waals surface area contributed by atoms with Gasteiger partial charge in [-0.2, -0.15) is 4.31 Å². The van der Waals surface area contributed by atoms with Gasteiger partial charge in [0.1, 0.15) is 6.54 Å². The number of nitro groups is 1. The number of benzene rings is 1. The van der Waals surface area contributed by atoms with Crippen molar-refractivity contribution < 1.29 is 28.0 Å². The largest absolute Gasteiger partial charge is 0.490 e. The van der Waals surface area contributed by atoms with Gasteiger partial charge >= 0.3 is 11.7 Å². The van der Waals surface area contributed by atoms with Crippen LogP contribution in [0.5, 0.6) is 5.75 Å². The second-order valence-electron chi connectivity index (χ2n) is 3.75. The summed E-state index contributed by atoms with van der Waals surface area (Å²) >= 11 is 0. The molecule has 110 valence electrons. The van der Waals surface area contributed by atoms with Crippen LogP contribution in [0.3, 0.4) is 0 Å². The molecule has 0 spiro atoms. The minimum atomic E-state index is -4.06. The van der Waals surface area contributed by atoms with E-state index in [1.807, 2.05) is 0 Å². The third-order valence-corrected chi connectivity index (χ3v) is 4.21. The van der Waals surface area contributed by atoms with Crippen molar-refractivity contribution in [1.29, 1.82) is 0 Å². The number of ether oxygens (including phenoxy) is 1. The lowest BCUT2D eigenvalue weighted by atomic mass is 10.3. The van der Waals surface area contributed by atoms with Gasteiger partial charge in [0.05, 0.1) is 16.9 Å². The molecule has 20 heavy (non-hydrogen) atoms. The van der Waals surface area contributed by atoms with E-state index in [1.54, 1.807) is 0 Å². The van der Waals surface area contributed by atoms with Crippen molar-refractivity contribution in [2.75, 3.05) is 20.7 Å². The van der Waals surface area contributed by atoms with Gasteiger partial charge in [0.25, 0.3) is 0 Å². The van der Waals surface area contributed by atoms with Gasteiger partial charge in [-0.1, -0.05) is 0 Å². The SMILES string of the molecule is COc1cc(S(=O)(=O)N(C)CC(=O)O)ccc1[N+](=O)[O-]. The predicted molar refractivity (Wildman–Crippen MR) is 67.1 cm³/mol. The van der Waals surface area contributed by atoms with E-state index >= 15 is 0 Å². The topological polar surface area (TPSA) is 127 Å². The summed E-state index contributed by atoms with van der Waals surface area (Å²) in [5.74, 6) is -1.54. The minimum absolute atomic E-state index is 0.222. The highest BCUT2D eigenvalue weighted by Crippen LogP contribution is 2.30. The molecule has 1 aromatic carbocycles. The van der Waals surface area contributed by atoms with E-state index in [4.69, 9.17) is 9.84 Å². The fraction of sp³-hybridized carbons (Fsp3) is 0.300. The van der Waals surface area contributed by atoms with Crippen LogP contribution >= 0.6 is 0 Å². The van der Waals surface area contributed by atoms with E-state index in [9.17, 15) is 23.3 Å². The number of nitrogens with zero attached hydrogens (tertiary/aromatic N) is 2. The third-order valence-electron chi connectivity index (χ3n) is 2.41. The van der Waals surface area contributed by atoms with Crippen molar-refractivity contribution >= 4 is 21.7 Å². The van der Waals surface area contributed by atoms with Crippen LogP contribution in [0, 0.1) is 10.1 Å². The Hall–Kier alpha value is -2.20. The summed E-state index contributed by atoms with van der Waals surface area (Å²) in [4.78, 5) is 20.2. The van der Waals surface area contributed by atoms with Crippen molar-refractivity contribution in [2.45, 2.75) is 4.90 Å². The molecule has 0 aliphatic carbocycles. The van der Waals surface area contributed by atoms with E-state index in [0.29, 0.717) is 4.31 Å². The van der Waals surface area contributed by atoms with Gasteiger partial charge < -0.3 is 9.84 Å². The van der Waals surface area contributed by atoms with Crippen LogP contribution in [0.4, 0.5) is 5.69 Å². The lowest BCUT2D eigenvalue weighted by Crippen LogP contribution is -2.32. The van der Waals surface area contributed by atoms with Gasteiger partial charge in [0.2, 0.25) is 10.0 Å². The summed E-state index contributed by atoms with van der Waals surface area (Å²) in [6.45, 7) is -0.721. The van der Waals surface area contributed by atoms with Crippen molar-refractivity contribution in [3.63, 3.8) is 0 Å². The smallest absolute Gasteiger partial charge is 0.318 e. The summed E-state index contributed by atoms with van der Waals surface area (Å²) < 4.78 is 29.5. The first-order chi connectivity index (χ1) is 9.20. The normalized spacial score (nSPS) is 11.3. The Bertz CT molecular complexity index is 641. The van der Waals surface area contributed by atoms with Gasteiger partial charge in [0, 0.05) is 19.2 Å². The van der Waals surface area contributed by atoms with Crippen LogP contribution in [-0.2, 0) is 14.8 Å². The van der Waals surface area contributed by atoms with Gasteiger partial charge in [-0.15, -0.1) is 0 Å². The molecule has 0 bridgehead atoms. The zero-order valence-electron chi connectivity index (χ0n) is 10.6. The molecule has 1 aromatic rings. The van der Waals surface area contributed by atoms with Crippen molar-refractivity contribution in [3.05, 3.63) is 28.3 Å². The molecule has 0 aromatic heterocycles. The van der Waals surface area contributed by atoms with Crippen LogP contribution in [-0.4, -0.2) is 49.4 Å². The van der Waals surface area contributed by atoms with Crippen molar-refractivity contribution in [2.24, 2.45) is 0 Å². The first kappa shape index (κ1) is 15.9. The van der Waals surface area contributed by atoms with E-state index in [1.165, 1.54) is 7.11 Å². The quantitative estimate of drug-likeness (QED) is 0.591. The number of hydrogen-bond acceptors (Lipinski definition) is 6. The second kappa shape index (κ2) is 5.84. The number of carbonyl (C=O) groups is 1. The Kier molecular flexibility index (Phi) is 4.63. The average Bonchev–Trinajstić information content (AvgIpc) is 2.36. The Morgan fingerprint density at radius 1 is 1.50 bits per heavy atom. The number of carboxylic acid groups (broad SMARTS) is 1. The third kappa shape index (κ3) is 3.22. The van der Waals surface area contributed by atoms with E-state index in [2.05, 4.69) is 0 Å². The monoisotopic (exact) mass is 304 g/mol. The molecule has 0 saturated heterocycles. The highest BCUT2D eigenvalue weighted by atomic mass is 32.2. The van der Waals surface area contributed by atoms with Crippen LogP contribution in [0.15, 0.2) is 23.1 Å². The molecule has 1 N–H and O–H groups in total. The Morgan fingerprint density at radius 3 is 2.55 bits per heavy atom. The number of likely N-dealkylation sites (N-methyl/N-ethyl adjacent to an activating group) is 1. The maximum atomic E-state index is 12.1. The molecule has 0 saturated carbocycles. The predicted octanol–water partition coefficient (Wildman–Crippen LogP) is 0.309. The van der Waals surface area contributed by atoms with E-state index < -0.39 is 27.5 Å². The molecule has 0 unspecified atom stereocenters. The van der Waals surface area contributed by atoms with Crippen molar-refractivity contribution in [3.8, 4) is 5.75 Å². The summed E-state index contributed by atoms with van der Waals surface area (Å²) in [5, 5.41) is 19.3. The molecular weight excluding hydrogens is 292 g/mol. The van der Waals surface area contributed by atoms with Gasteiger partial charge in [-0.25, -0.2) is 8.42 Å². The summed E-state index contributed by atoms with van der Waals surface area (Å²) in [6, 6.07) is 2.99. The lowest BCUT2D eigenvalue weighted by molar-refractivity contribution is -0.385. The summed E-state index contributed by atoms with van der Waals surface area (Å²) in [7, 11) is -1.80. The number of aliphatic carboxylic acids is 1. The Labute approximate surface area is 114 Å². The number of sulfonamides is 1. The standard InChI is InChI=1S/C10H12N2O7S/c1-11(6-10(13)14)20(17,18)7-3-4-8(12(15)16)9(5-7)19-2/h3-5H,6H2,1-2H3,(H,13,14). The zero-order chi connectivity index (χ0) is 15.5. The zero-order valence-corrected chi connectivity index (χ0v) is 11.5. The molecule has 0 radical (unpaired) electrons. The van der Waals surface area contributed by atoms with Gasteiger partial charge in [0.15, 0.2) is 5.75 Å². The number of hydrogen-bond donors (Lipinski definition) is 1. The van der Waals surface area contributed by atoms with Crippen LogP contribution < -0.4 is 4.74 Å². The molecular formula is C10H12N2O7S. The molecule has 1 rings (SSSR count). The minimum Gasteiger partial charge on any atom is -0.490 e. The molecule has 0 fully saturated rings. The van der Waals surface area contributed by atoms with E-state index in [0.717, 1.165) is 25.2 Å². The highest BCUT2D eigenvalue weighted by molar-refractivity contribution is 7.89. The molecule has 0 aliphatic rings. The lowest BCUT2D eigenvalue weighted by Gasteiger charge is -2.15. The van der Waals surface area contributed by atoms with Crippen molar-refractivity contribution in [1.82, 2.24) is 4.31 Å². The second-order valence-corrected chi connectivity index (χ2v) is 5.79. The summed E-state index contributed by atoms with van der Waals surface area (Å²) in [5.41, 5.74) is -0.382. The molecule has 10 heteroatoms. The molecule has 9 nitrogen and oxygen atoms in total.